The van der Waals surface area contributed by atoms with Crippen molar-refractivity contribution in [2.24, 2.45) is 0 Å². The van der Waals surface area contributed by atoms with Gasteiger partial charge in [0.15, 0.2) is 5.65 Å². The fourth-order valence-corrected chi connectivity index (χ4v) is 5.21. The number of amides is 2. The molecule has 4 N–H and O–H groups in total. The number of likely N-dealkylation sites (tertiary alicyclic amines) is 1. The predicted octanol–water partition coefficient (Wildman–Crippen LogP) is 4.59. The summed E-state index contributed by atoms with van der Waals surface area (Å²) in [6.45, 7) is 4.16. The number of carbonyl (C=O) groups excluding carboxylic acids is 2. The molecule has 10 nitrogen and oxygen atoms in total. The number of aryl methyl sites for hydroxylation is 1. The monoisotopic (exact) mass is 625 g/mol. The van der Waals surface area contributed by atoms with Crippen molar-refractivity contribution in [3.63, 3.8) is 0 Å². The quantitative estimate of drug-likeness (QED) is 0.282. The normalized spacial score (nSPS) is 14.7. The van der Waals surface area contributed by atoms with Crippen LogP contribution in [0.15, 0.2) is 42.7 Å². The van der Waals surface area contributed by atoms with Crippen LogP contribution in [-0.2, 0) is 11.0 Å². The Balaban J connectivity index is 1.41. The molecule has 0 unspecified atom stereocenters. The fourth-order valence-electron chi connectivity index (χ4n) is 4.98. The Kier molecular flexibility index (Phi) is 8.49. The van der Waals surface area contributed by atoms with Gasteiger partial charge in [-0.2, -0.15) is 18.3 Å². The van der Waals surface area contributed by atoms with Crippen LogP contribution in [-0.4, -0.2) is 60.8 Å². The molecule has 0 bridgehead atoms. The largest absolute Gasteiger partial charge is 0.417 e. The van der Waals surface area contributed by atoms with Gasteiger partial charge in [0.25, 0.3) is 11.8 Å². The molecule has 3 heterocycles. The first-order chi connectivity index (χ1) is 20.8. The summed E-state index contributed by atoms with van der Waals surface area (Å²) in [6.07, 6.45) is -3.26. The van der Waals surface area contributed by atoms with Gasteiger partial charge in [0, 0.05) is 29.9 Å². The molecule has 0 aliphatic carbocycles. The number of fused-ring (bicyclic) bond motifs is 1. The first kappa shape index (κ1) is 30.8. The number of aromatic nitrogens is 4. The molecule has 1 saturated heterocycles. The van der Waals surface area contributed by atoms with Gasteiger partial charge in [-0.1, -0.05) is 23.6 Å². The van der Waals surface area contributed by atoms with Gasteiger partial charge in [0.1, 0.15) is 23.9 Å². The van der Waals surface area contributed by atoms with Gasteiger partial charge >= 0.3 is 6.18 Å². The molecule has 0 saturated carbocycles. The van der Waals surface area contributed by atoms with Crippen molar-refractivity contribution in [2.75, 3.05) is 24.1 Å². The molecule has 1 fully saturated rings. The van der Waals surface area contributed by atoms with Gasteiger partial charge < -0.3 is 21.1 Å². The maximum Gasteiger partial charge on any atom is 0.417 e. The average Bonchev–Trinajstić information content (AvgIpc) is 3.36. The van der Waals surface area contributed by atoms with Gasteiger partial charge in [-0.05, 0) is 68.5 Å². The summed E-state index contributed by atoms with van der Waals surface area (Å²) in [6, 6.07) is 7.80. The van der Waals surface area contributed by atoms with Crippen LogP contribution in [0.4, 0.5) is 24.7 Å². The molecule has 5 rings (SSSR count). The number of hydrogen-bond donors (Lipinski definition) is 3. The van der Waals surface area contributed by atoms with E-state index in [1.54, 1.807) is 27.8 Å². The number of halogens is 4. The lowest BCUT2D eigenvalue weighted by molar-refractivity contribution is -0.140. The van der Waals surface area contributed by atoms with Gasteiger partial charge in [-0.15, -0.1) is 0 Å². The maximum atomic E-state index is 13.3. The van der Waals surface area contributed by atoms with Gasteiger partial charge in [-0.3, -0.25) is 9.59 Å². The Bertz CT molecular complexity index is 1820. The van der Waals surface area contributed by atoms with Crippen molar-refractivity contribution in [1.82, 2.24) is 24.6 Å². The molecule has 14 heteroatoms. The summed E-state index contributed by atoms with van der Waals surface area (Å²) >= 11 is 5.68. The van der Waals surface area contributed by atoms with E-state index in [0.717, 1.165) is 11.6 Å². The zero-order chi connectivity index (χ0) is 31.8. The second-order valence-electron chi connectivity index (χ2n) is 10.4. The van der Waals surface area contributed by atoms with E-state index in [9.17, 15) is 27.9 Å². The van der Waals surface area contributed by atoms with E-state index in [1.807, 2.05) is 6.92 Å². The molecule has 2 amide bonds. The highest BCUT2D eigenvalue weighted by Crippen LogP contribution is 2.35. The molecule has 1 atom stereocenters. The number of carbonyl (C=O) groups is 2. The van der Waals surface area contributed by atoms with E-state index >= 15 is 0 Å². The van der Waals surface area contributed by atoms with E-state index in [2.05, 4.69) is 27.1 Å². The molecule has 2 aromatic carbocycles. The third-order valence-corrected chi connectivity index (χ3v) is 7.67. The van der Waals surface area contributed by atoms with E-state index in [-0.39, 0.29) is 23.3 Å². The molecule has 0 spiro atoms. The van der Waals surface area contributed by atoms with Crippen LogP contribution in [0.2, 0.25) is 5.02 Å². The van der Waals surface area contributed by atoms with Crippen LogP contribution in [0, 0.1) is 18.8 Å². The molecule has 1 aliphatic heterocycles. The fraction of sp³-hybridized carbons (Fsp3) is 0.300. The minimum Gasteiger partial charge on any atom is -0.384 e. The second kappa shape index (κ2) is 12.1. The Morgan fingerprint density at radius 1 is 1.14 bits per heavy atom. The number of nitrogens with one attached hydrogen (secondary N) is 1. The first-order valence-electron chi connectivity index (χ1n) is 13.6. The van der Waals surface area contributed by atoms with Crippen LogP contribution < -0.4 is 11.1 Å². The number of alkyl halides is 3. The van der Waals surface area contributed by atoms with E-state index in [0.29, 0.717) is 60.0 Å². The summed E-state index contributed by atoms with van der Waals surface area (Å²) in [5.74, 6) is 5.23. The molecular weight excluding hydrogens is 599 g/mol. The summed E-state index contributed by atoms with van der Waals surface area (Å²) in [7, 11) is 0. The number of rotatable bonds is 4. The van der Waals surface area contributed by atoms with Gasteiger partial charge in [0.05, 0.1) is 22.0 Å². The maximum absolute atomic E-state index is 13.3. The van der Waals surface area contributed by atoms with Gasteiger partial charge in [-0.25, -0.2) is 14.6 Å². The number of hydrogen-bond acceptors (Lipinski definition) is 7. The lowest BCUT2D eigenvalue weighted by Gasteiger charge is -2.32. The summed E-state index contributed by atoms with van der Waals surface area (Å²) < 4.78 is 41.5. The van der Waals surface area contributed by atoms with E-state index in [4.69, 9.17) is 22.4 Å². The van der Waals surface area contributed by atoms with Crippen LogP contribution >= 0.6 is 11.6 Å². The summed E-state index contributed by atoms with van der Waals surface area (Å²) in [5.41, 5.74) is 7.38. The minimum absolute atomic E-state index is 0.0913. The third kappa shape index (κ3) is 6.31. The number of piperidine rings is 1. The predicted molar refractivity (Wildman–Crippen MR) is 158 cm³/mol. The molecule has 1 aliphatic rings. The Morgan fingerprint density at radius 2 is 1.86 bits per heavy atom. The zero-order valence-electron chi connectivity index (χ0n) is 23.6. The minimum atomic E-state index is -4.71. The number of nitrogen functional groups attached to an aromatic ring is 1. The lowest BCUT2D eigenvalue weighted by Crippen LogP contribution is -2.43. The van der Waals surface area contributed by atoms with Crippen molar-refractivity contribution < 1.29 is 27.9 Å². The van der Waals surface area contributed by atoms with Crippen molar-refractivity contribution in [3.05, 3.63) is 75.7 Å². The van der Waals surface area contributed by atoms with Crippen molar-refractivity contribution >= 4 is 46.0 Å². The average molecular weight is 626 g/mol. The van der Waals surface area contributed by atoms with Crippen molar-refractivity contribution in [2.45, 2.75) is 45.0 Å². The van der Waals surface area contributed by atoms with E-state index in [1.165, 1.54) is 19.3 Å². The number of aliphatic hydroxyl groups excluding tert-OH is 1. The van der Waals surface area contributed by atoms with Crippen molar-refractivity contribution in [1.29, 1.82) is 0 Å². The third-order valence-electron chi connectivity index (χ3n) is 7.34. The molecule has 0 radical (unpaired) electrons. The summed E-state index contributed by atoms with van der Waals surface area (Å²) in [5, 5.41) is 16.9. The molecule has 228 valence electrons. The Morgan fingerprint density at radius 3 is 2.55 bits per heavy atom. The number of nitrogens with two attached hydrogens (primary N) is 1. The highest BCUT2D eigenvalue weighted by molar-refractivity contribution is 6.31. The molecular formula is C30H27ClF3N7O3. The zero-order valence-corrected chi connectivity index (χ0v) is 24.4. The van der Waals surface area contributed by atoms with Crippen LogP contribution in [0.25, 0.3) is 11.0 Å². The van der Waals surface area contributed by atoms with Crippen LogP contribution in [0.3, 0.4) is 0 Å². The smallest absolute Gasteiger partial charge is 0.384 e. The Hall–Kier alpha value is -4.67. The highest BCUT2D eigenvalue weighted by atomic mass is 35.5. The second-order valence-corrected chi connectivity index (χ2v) is 10.8. The molecule has 4 aromatic rings. The Labute approximate surface area is 255 Å². The standard InChI is InChI=1S/C30H27ClF3N7O3/c1-16-3-6-20(38-28(43)19-4-7-23(31)22(14-19)30(32,33)34)13-18(16)5-8-24-25-26(35)36-15-37-27(25)41(39-24)21-9-11-40(12-10-21)29(44)17(2)42/h3-4,6-7,13-15,17,21,42H,9-12H2,1-2H3,(H,38,43)(H2,35,36,37)/t17-/m0/s1. The van der Waals surface area contributed by atoms with Crippen LogP contribution in [0.1, 0.15) is 58.5 Å². The number of nitrogens with zero attached hydrogens (tertiary/aromatic N) is 5. The molecule has 44 heavy (non-hydrogen) atoms. The van der Waals surface area contributed by atoms with Gasteiger partial charge in [0.2, 0.25) is 0 Å². The number of aliphatic hydroxyl groups is 1. The SMILES string of the molecule is Cc1ccc(NC(=O)c2ccc(Cl)c(C(F)(F)F)c2)cc1C#Cc1nn(C2CCN(C(=O)[C@H](C)O)CC2)c2ncnc(N)c12. The van der Waals surface area contributed by atoms with Crippen LogP contribution in [0.5, 0.6) is 0 Å². The summed E-state index contributed by atoms with van der Waals surface area (Å²) in [4.78, 5) is 35.1. The highest BCUT2D eigenvalue weighted by Gasteiger charge is 2.34. The topological polar surface area (TPSA) is 139 Å². The first-order valence-corrected chi connectivity index (χ1v) is 14.0. The molecule has 2 aromatic heterocycles. The number of anilines is 2. The van der Waals surface area contributed by atoms with Crippen molar-refractivity contribution in [3.8, 4) is 11.8 Å². The number of benzene rings is 2. The van der Waals surface area contributed by atoms with E-state index < -0.39 is 28.8 Å². The lowest BCUT2D eigenvalue weighted by atomic mass is 10.0.